The Kier molecular flexibility index (Phi) is 5.34. The topological polar surface area (TPSA) is 50.1 Å². The molecular weight excluding hydrogens is 336 g/mol. The predicted molar refractivity (Wildman–Crippen MR) is 109 cm³/mol. The van der Waals surface area contributed by atoms with Crippen molar-refractivity contribution in [1.82, 2.24) is 24.4 Å². The number of nitrogens with zero attached hydrogens (tertiary/aromatic N) is 6. The number of para-hydroxylation sites is 2. The van der Waals surface area contributed by atoms with Crippen molar-refractivity contribution in [2.75, 3.05) is 38.6 Å². The van der Waals surface area contributed by atoms with E-state index >= 15 is 0 Å². The summed E-state index contributed by atoms with van der Waals surface area (Å²) in [5.74, 6) is 2.64. The van der Waals surface area contributed by atoms with Gasteiger partial charge in [0.1, 0.15) is 11.6 Å². The van der Waals surface area contributed by atoms with Crippen molar-refractivity contribution in [2.45, 2.75) is 31.7 Å². The van der Waals surface area contributed by atoms with E-state index in [2.05, 4.69) is 39.6 Å². The zero-order chi connectivity index (χ0) is 18.6. The van der Waals surface area contributed by atoms with Gasteiger partial charge in [-0.2, -0.15) is 0 Å². The number of fused-ring (bicyclic) bond motifs is 1. The molecule has 1 saturated heterocycles. The van der Waals surface area contributed by atoms with Crippen LogP contribution in [0.3, 0.4) is 0 Å². The van der Waals surface area contributed by atoms with E-state index in [4.69, 9.17) is 9.97 Å². The SMILES string of the molecule is CN(C)CCCn1ccnc1[C@@H]1CCCN(c2cnc3ccccc3n2)C1. The van der Waals surface area contributed by atoms with Crippen LogP contribution in [0.5, 0.6) is 0 Å². The molecular formula is C21H28N6. The molecule has 0 amide bonds. The molecule has 0 spiro atoms. The van der Waals surface area contributed by atoms with E-state index in [0.717, 1.165) is 55.9 Å². The Bertz CT molecular complexity index is 887. The third-order valence-corrected chi connectivity index (χ3v) is 5.30. The van der Waals surface area contributed by atoms with Crippen LogP contribution >= 0.6 is 0 Å². The van der Waals surface area contributed by atoms with Crippen molar-refractivity contribution in [2.24, 2.45) is 0 Å². The molecule has 2 aromatic heterocycles. The van der Waals surface area contributed by atoms with Crippen molar-refractivity contribution in [1.29, 1.82) is 0 Å². The summed E-state index contributed by atoms with van der Waals surface area (Å²) in [6.07, 6.45) is 9.46. The number of aryl methyl sites for hydroxylation is 1. The molecule has 1 fully saturated rings. The summed E-state index contributed by atoms with van der Waals surface area (Å²) in [5, 5.41) is 0. The maximum Gasteiger partial charge on any atom is 0.147 e. The molecule has 1 aliphatic heterocycles. The lowest BCUT2D eigenvalue weighted by Gasteiger charge is -2.33. The van der Waals surface area contributed by atoms with Crippen LogP contribution in [0.1, 0.15) is 31.0 Å². The summed E-state index contributed by atoms with van der Waals surface area (Å²) < 4.78 is 2.34. The highest BCUT2D eigenvalue weighted by molar-refractivity contribution is 5.75. The fourth-order valence-electron chi connectivity index (χ4n) is 3.92. The van der Waals surface area contributed by atoms with Crippen LogP contribution in [0.4, 0.5) is 5.82 Å². The highest BCUT2D eigenvalue weighted by Crippen LogP contribution is 2.29. The Morgan fingerprint density at radius 2 is 2.00 bits per heavy atom. The smallest absolute Gasteiger partial charge is 0.147 e. The van der Waals surface area contributed by atoms with Crippen LogP contribution in [-0.2, 0) is 6.54 Å². The summed E-state index contributed by atoms with van der Waals surface area (Å²) in [5.41, 5.74) is 1.91. The Morgan fingerprint density at radius 1 is 1.15 bits per heavy atom. The number of rotatable bonds is 6. The third kappa shape index (κ3) is 4.11. The first-order valence-corrected chi connectivity index (χ1v) is 9.83. The van der Waals surface area contributed by atoms with E-state index < -0.39 is 0 Å². The van der Waals surface area contributed by atoms with E-state index in [1.54, 1.807) is 0 Å². The van der Waals surface area contributed by atoms with Gasteiger partial charge in [0.2, 0.25) is 0 Å². The van der Waals surface area contributed by atoms with Crippen molar-refractivity contribution >= 4 is 16.9 Å². The number of hydrogen-bond donors (Lipinski definition) is 0. The van der Waals surface area contributed by atoms with Crippen molar-refractivity contribution < 1.29 is 0 Å². The van der Waals surface area contributed by atoms with Gasteiger partial charge >= 0.3 is 0 Å². The Morgan fingerprint density at radius 3 is 2.85 bits per heavy atom. The van der Waals surface area contributed by atoms with Gasteiger partial charge in [-0.15, -0.1) is 0 Å². The second-order valence-electron chi connectivity index (χ2n) is 7.64. The largest absolute Gasteiger partial charge is 0.355 e. The molecule has 4 rings (SSSR count). The molecule has 3 aromatic rings. The van der Waals surface area contributed by atoms with Crippen molar-refractivity contribution in [3.8, 4) is 0 Å². The highest BCUT2D eigenvalue weighted by atomic mass is 15.2. The maximum absolute atomic E-state index is 4.84. The summed E-state index contributed by atoms with van der Waals surface area (Å²) in [4.78, 5) is 18.7. The Hall–Kier alpha value is -2.47. The summed E-state index contributed by atoms with van der Waals surface area (Å²) in [6.45, 7) is 4.11. The molecule has 0 aliphatic carbocycles. The van der Waals surface area contributed by atoms with Gasteiger partial charge in [0, 0.05) is 37.9 Å². The minimum Gasteiger partial charge on any atom is -0.355 e. The van der Waals surface area contributed by atoms with E-state index in [1.807, 2.05) is 36.7 Å². The minimum atomic E-state index is 0.446. The highest BCUT2D eigenvalue weighted by Gasteiger charge is 2.25. The molecule has 1 aromatic carbocycles. The number of hydrogen-bond acceptors (Lipinski definition) is 5. The van der Waals surface area contributed by atoms with Crippen molar-refractivity contribution in [3.05, 3.63) is 48.7 Å². The molecule has 27 heavy (non-hydrogen) atoms. The van der Waals surface area contributed by atoms with Gasteiger partial charge in [0.15, 0.2) is 0 Å². The third-order valence-electron chi connectivity index (χ3n) is 5.30. The fourth-order valence-corrected chi connectivity index (χ4v) is 3.92. The number of anilines is 1. The quantitative estimate of drug-likeness (QED) is 0.672. The van der Waals surface area contributed by atoms with Gasteiger partial charge in [0.05, 0.1) is 17.2 Å². The predicted octanol–water partition coefficient (Wildman–Crippen LogP) is 3.16. The number of imidazole rings is 1. The molecule has 0 unspecified atom stereocenters. The molecule has 0 radical (unpaired) electrons. The summed E-state index contributed by atoms with van der Waals surface area (Å²) in [7, 11) is 4.25. The van der Waals surface area contributed by atoms with Gasteiger partial charge in [0.25, 0.3) is 0 Å². The summed E-state index contributed by atoms with van der Waals surface area (Å²) >= 11 is 0. The normalized spacial score (nSPS) is 17.7. The first-order valence-electron chi connectivity index (χ1n) is 9.83. The average molecular weight is 364 g/mol. The van der Waals surface area contributed by atoms with Crippen LogP contribution in [-0.4, -0.2) is 58.1 Å². The van der Waals surface area contributed by atoms with Gasteiger partial charge in [-0.3, -0.25) is 4.98 Å². The van der Waals surface area contributed by atoms with Gasteiger partial charge in [-0.25, -0.2) is 9.97 Å². The van der Waals surface area contributed by atoms with Crippen LogP contribution in [0, 0.1) is 0 Å². The molecule has 0 N–H and O–H groups in total. The average Bonchev–Trinajstić information content (AvgIpc) is 3.16. The summed E-state index contributed by atoms with van der Waals surface area (Å²) in [6, 6.07) is 8.06. The van der Waals surface area contributed by atoms with E-state index in [1.165, 1.54) is 12.2 Å². The molecule has 6 nitrogen and oxygen atoms in total. The van der Waals surface area contributed by atoms with Gasteiger partial charge < -0.3 is 14.4 Å². The molecule has 1 atom stereocenters. The van der Waals surface area contributed by atoms with E-state index in [9.17, 15) is 0 Å². The standard InChI is InChI=1S/C21H28N6/c1-25(2)11-6-13-26-14-10-22-21(26)17-7-5-12-27(16-17)20-15-23-18-8-3-4-9-19(18)24-20/h3-4,8-10,14-15,17H,5-7,11-13,16H2,1-2H3/t17-/m1/s1. The number of benzene rings is 1. The minimum absolute atomic E-state index is 0.446. The van der Waals surface area contributed by atoms with Crippen LogP contribution in [0.25, 0.3) is 11.0 Å². The number of aromatic nitrogens is 4. The molecule has 6 heteroatoms. The first-order chi connectivity index (χ1) is 13.2. The first kappa shape index (κ1) is 17.9. The zero-order valence-corrected chi connectivity index (χ0v) is 16.3. The van der Waals surface area contributed by atoms with Crippen LogP contribution in [0.2, 0.25) is 0 Å². The maximum atomic E-state index is 4.84. The molecule has 142 valence electrons. The molecule has 0 saturated carbocycles. The van der Waals surface area contributed by atoms with E-state index in [-0.39, 0.29) is 0 Å². The van der Waals surface area contributed by atoms with Gasteiger partial charge in [-0.1, -0.05) is 12.1 Å². The molecule has 0 bridgehead atoms. The monoisotopic (exact) mass is 364 g/mol. The fraction of sp³-hybridized carbons (Fsp3) is 0.476. The second kappa shape index (κ2) is 8.05. The van der Waals surface area contributed by atoms with Crippen LogP contribution in [0.15, 0.2) is 42.9 Å². The molecule has 1 aliphatic rings. The van der Waals surface area contributed by atoms with E-state index in [0.29, 0.717) is 5.92 Å². The Labute approximate surface area is 160 Å². The van der Waals surface area contributed by atoms with Crippen molar-refractivity contribution in [3.63, 3.8) is 0 Å². The zero-order valence-electron chi connectivity index (χ0n) is 16.3. The van der Waals surface area contributed by atoms with Gasteiger partial charge in [-0.05, 0) is 52.0 Å². The van der Waals surface area contributed by atoms with Crippen LogP contribution < -0.4 is 4.90 Å². The lowest BCUT2D eigenvalue weighted by atomic mass is 9.97. The number of piperidine rings is 1. The lowest BCUT2D eigenvalue weighted by Crippen LogP contribution is -2.36. The Balaban J connectivity index is 1.49. The lowest BCUT2D eigenvalue weighted by molar-refractivity contribution is 0.380. The second-order valence-corrected chi connectivity index (χ2v) is 7.64. The molecule has 3 heterocycles.